The molecule has 1 aromatic rings. The van der Waals surface area contributed by atoms with E-state index in [1.165, 1.54) is 0 Å². The summed E-state index contributed by atoms with van der Waals surface area (Å²) in [6.45, 7) is 0.210. The fourth-order valence-corrected chi connectivity index (χ4v) is 2.05. The maximum Gasteiger partial charge on any atom is 0.300 e. The first kappa shape index (κ1) is 14.2. The minimum absolute atomic E-state index is 0.00470. The Morgan fingerprint density at radius 1 is 1.65 bits per heavy atom. The Hall–Kier alpha value is -2.22. The lowest BCUT2D eigenvalue weighted by Crippen LogP contribution is -2.38. The Morgan fingerprint density at radius 3 is 3.00 bits per heavy atom. The molecule has 9 heteroatoms. The van der Waals surface area contributed by atoms with Gasteiger partial charge in [-0.3, -0.25) is 19.7 Å². The quantitative estimate of drug-likeness (QED) is 0.481. The summed E-state index contributed by atoms with van der Waals surface area (Å²) in [6.07, 6.45) is 1.98. The molecule has 0 spiro atoms. The molecule has 1 aromatic heterocycles. The number of nitro groups is 1. The van der Waals surface area contributed by atoms with Crippen LogP contribution in [-0.2, 0) is 4.79 Å². The second-order valence-corrected chi connectivity index (χ2v) is 4.68. The summed E-state index contributed by atoms with van der Waals surface area (Å²) < 4.78 is 0. The first-order valence-electron chi connectivity index (χ1n) is 5.85. The summed E-state index contributed by atoms with van der Waals surface area (Å²) in [5.41, 5.74) is -0.568. The standard InChI is InChI=1S/C11H11ClN4O4/c12-9-3-7(8(5-13-9)16(19)20)11(18)14-4-6-1-2-10(17)15-6/h3,5-6H,1-2,4H2,(H,14,18)(H,15,17). The zero-order valence-electron chi connectivity index (χ0n) is 10.3. The number of rotatable bonds is 4. The second kappa shape index (κ2) is 5.83. The van der Waals surface area contributed by atoms with Crippen molar-refractivity contribution in [1.29, 1.82) is 0 Å². The fraction of sp³-hybridized carbons (Fsp3) is 0.364. The van der Waals surface area contributed by atoms with Crippen LogP contribution in [0.15, 0.2) is 12.3 Å². The number of aromatic nitrogens is 1. The van der Waals surface area contributed by atoms with Crippen LogP contribution in [0.3, 0.4) is 0 Å². The lowest BCUT2D eigenvalue weighted by molar-refractivity contribution is -0.385. The summed E-state index contributed by atoms with van der Waals surface area (Å²) in [5, 5.41) is 16.0. The van der Waals surface area contributed by atoms with Crippen LogP contribution in [0.2, 0.25) is 5.15 Å². The average molecular weight is 299 g/mol. The molecule has 2 heterocycles. The predicted molar refractivity (Wildman–Crippen MR) is 69.4 cm³/mol. The van der Waals surface area contributed by atoms with E-state index in [0.717, 1.165) is 12.3 Å². The third kappa shape index (κ3) is 3.21. The Labute approximate surface area is 118 Å². The third-order valence-corrected chi connectivity index (χ3v) is 3.09. The van der Waals surface area contributed by atoms with Gasteiger partial charge >= 0.3 is 0 Å². The maximum absolute atomic E-state index is 11.9. The highest BCUT2D eigenvalue weighted by atomic mass is 35.5. The van der Waals surface area contributed by atoms with Gasteiger partial charge < -0.3 is 10.6 Å². The van der Waals surface area contributed by atoms with Crippen molar-refractivity contribution < 1.29 is 14.5 Å². The van der Waals surface area contributed by atoms with E-state index in [9.17, 15) is 19.7 Å². The molecule has 1 saturated heterocycles. The van der Waals surface area contributed by atoms with Crippen LogP contribution >= 0.6 is 11.6 Å². The largest absolute Gasteiger partial charge is 0.352 e. The van der Waals surface area contributed by atoms with Gasteiger partial charge in [-0.1, -0.05) is 11.6 Å². The molecule has 1 unspecified atom stereocenters. The number of amides is 2. The Bertz CT molecular complexity index is 578. The van der Waals surface area contributed by atoms with Crippen LogP contribution in [0.25, 0.3) is 0 Å². The molecule has 1 aliphatic rings. The van der Waals surface area contributed by atoms with E-state index in [0.29, 0.717) is 12.8 Å². The fourth-order valence-electron chi connectivity index (χ4n) is 1.89. The molecule has 0 saturated carbocycles. The SMILES string of the molecule is O=C1CCC(CNC(=O)c2cc(Cl)ncc2[N+](=O)[O-])N1. The molecule has 0 aliphatic carbocycles. The lowest BCUT2D eigenvalue weighted by atomic mass is 10.2. The van der Waals surface area contributed by atoms with Crippen LogP contribution in [0, 0.1) is 10.1 Å². The monoisotopic (exact) mass is 298 g/mol. The topological polar surface area (TPSA) is 114 Å². The minimum Gasteiger partial charge on any atom is -0.352 e. The van der Waals surface area contributed by atoms with E-state index in [1.807, 2.05) is 0 Å². The predicted octanol–water partition coefficient (Wildman–Crippen LogP) is 0.652. The molecule has 2 rings (SSSR count). The van der Waals surface area contributed by atoms with Gasteiger partial charge in [0.05, 0.1) is 4.92 Å². The van der Waals surface area contributed by atoms with Gasteiger partial charge in [-0.2, -0.15) is 0 Å². The Balaban J connectivity index is 2.07. The molecule has 0 radical (unpaired) electrons. The van der Waals surface area contributed by atoms with Crippen molar-refractivity contribution in [3.8, 4) is 0 Å². The van der Waals surface area contributed by atoms with Crippen molar-refractivity contribution in [1.82, 2.24) is 15.6 Å². The van der Waals surface area contributed by atoms with Gasteiger partial charge in [0.2, 0.25) is 5.91 Å². The Morgan fingerprint density at radius 2 is 2.40 bits per heavy atom. The van der Waals surface area contributed by atoms with E-state index in [4.69, 9.17) is 11.6 Å². The van der Waals surface area contributed by atoms with Crippen LogP contribution < -0.4 is 10.6 Å². The van der Waals surface area contributed by atoms with Gasteiger partial charge in [0.15, 0.2) is 0 Å². The zero-order valence-corrected chi connectivity index (χ0v) is 11.0. The highest BCUT2D eigenvalue weighted by molar-refractivity contribution is 6.29. The number of carbonyl (C=O) groups excluding carboxylic acids is 2. The van der Waals surface area contributed by atoms with Gasteiger partial charge in [0.1, 0.15) is 16.9 Å². The number of nitrogens with zero attached hydrogens (tertiary/aromatic N) is 2. The molecule has 1 atom stereocenters. The number of hydrogen-bond acceptors (Lipinski definition) is 5. The molecule has 2 N–H and O–H groups in total. The number of halogens is 1. The Kier molecular flexibility index (Phi) is 4.14. The van der Waals surface area contributed by atoms with Crippen LogP contribution in [0.1, 0.15) is 23.2 Å². The highest BCUT2D eigenvalue weighted by Gasteiger charge is 2.24. The molecule has 1 aliphatic heterocycles. The van der Waals surface area contributed by atoms with Crippen molar-refractivity contribution in [2.24, 2.45) is 0 Å². The molecule has 106 valence electrons. The van der Waals surface area contributed by atoms with Crippen molar-refractivity contribution >= 4 is 29.1 Å². The summed E-state index contributed by atoms with van der Waals surface area (Å²) in [5.74, 6) is -0.690. The van der Waals surface area contributed by atoms with E-state index < -0.39 is 16.5 Å². The highest BCUT2D eigenvalue weighted by Crippen LogP contribution is 2.20. The summed E-state index contributed by atoms with van der Waals surface area (Å²) >= 11 is 5.64. The average Bonchev–Trinajstić information content (AvgIpc) is 2.81. The minimum atomic E-state index is -0.699. The molecule has 20 heavy (non-hydrogen) atoms. The van der Waals surface area contributed by atoms with Gasteiger partial charge in [0, 0.05) is 19.0 Å². The van der Waals surface area contributed by atoms with Gasteiger partial charge in [-0.25, -0.2) is 4.98 Å². The molecular formula is C11H11ClN4O4. The van der Waals surface area contributed by atoms with Crippen molar-refractivity contribution in [3.63, 3.8) is 0 Å². The first-order chi connectivity index (χ1) is 9.47. The van der Waals surface area contributed by atoms with Crippen molar-refractivity contribution in [3.05, 3.63) is 33.1 Å². The van der Waals surface area contributed by atoms with Crippen LogP contribution in [0.5, 0.6) is 0 Å². The van der Waals surface area contributed by atoms with E-state index in [-0.39, 0.29) is 29.2 Å². The molecule has 1 fully saturated rings. The summed E-state index contributed by atoms with van der Waals surface area (Å²) in [4.78, 5) is 36.7. The van der Waals surface area contributed by atoms with Crippen LogP contribution in [-0.4, -0.2) is 34.3 Å². The van der Waals surface area contributed by atoms with E-state index in [1.54, 1.807) is 0 Å². The van der Waals surface area contributed by atoms with E-state index >= 15 is 0 Å². The van der Waals surface area contributed by atoms with Crippen LogP contribution in [0.4, 0.5) is 5.69 Å². The van der Waals surface area contributed by atoms with Gasteiger partial charge in [-0.15, -0.1) is 0 Å². The maximum atomic E-state index is 11.9. The lowest BCUT2D eigenvalue weighted by Gasteiger charge is -2.11. The molecule has 2 amide bonds. The van der Waals surface area contributed by atoms with Gasteiger partial charge in [-0.05, 0) is 12.5 Å². The summed E-state index contributed by atoms with van der Waals surface area (Å²) in [7, 11) is 0. The number of pyridine rings is 1. The zero-order chi connectivity index (χ0) is 14.7. The second-order valence-electron chi connectivity index (χ2n) is 4.29. The van der Waals surface area contributed by atoms with Gasteiger partial charge in [0.25, 0.3) is 11.6 Å². The molecular weight excluding hydrogens is 288 g/mol. The molecule has 0 bridgehead atoms. The summed E-state index contributed by atoms with van der Waals surface area (Å²) in [6, 6.07) is 0.991. The third-order valence-electron chi connectivity index (χ3n) is 2.88. The smallest absolute Gasteiger partial charge is 0.300 e. The molecule has 8 nitrogen and oxygen atoms in total. The normalized spacial score (nSPS) is 17.6. The number of nitrogens with one attached hydrogen (secondary N) is 2. The van der Waals surface area contributed by atoms with Crippen molar-refractivity contribution in [2.75, 3.05) is 6.54 Å². The van der Waals surface area contributed by atoms with Crippen molar-refractivity contribution in [2.45, 2.75) is 18.9 Å². The first-order valence-corrected chi connectivity index (χ1v) is 6.22. The van der Waals surface area contributed by atoms with E-state index in [2.05, 4.69) is 15.6 Å². The number of hydrogen-bond donors (Lipinski definition) is 2. The molecule has 0 aromatic carbocycles. The number of carbonyl (C=O) groups is 2.